The third-order valence-electron chi connectivity index (χ3n) is 3.75. The molecule has 1 aliphatic rings. The Balaban J connectivity index is 2.07. The molecule has 3 nitrogen and oxygen atoms in total. The summed E-state index contributed by atoms with van der Waals surface area (Å²) in [5, 5.41) is 4.16. The molecule has 0 bridgehead atoms. The summed E-state index contributed by atoms with van der Waals surface area (Å²) in [5.74, 6) is 1.28. The van der Waals surface area contributed by atoms with Crippen molar-refractivity contribution in [1.29, 1.82) is 0 Å². The predicted molar refractivity (Wildman–Crippen MR) is 90.4 cm³/mol. The Morgan fingerprint density at radius 1 is 1.24 bits per heavy atom. The monoisotopic (exact) mass is 299 g/mol. The lowest BCUT2D eigenvalue weighted by molar-refractivity contribution is 0.835. The number of rotatable bonds is 2. The first kappa shape index (κ1) is 14.0. The van der Waals surface area contributed by atoms with Crippen molar-refractivity contribution in [3.05, 3.63) is 58.6 Å². The van der Waals surface area contributed by atoms with E-state index in [9.17, 15) is 0 Å². The first-order valence-corrected chi connectivity index (χ1v) is 7.50. The molecule has 3 N–H and O–H groups in total. The first-order chi connectivity index (χ1) is 10.2. The number of nitrogens with zero attached hydrogens (tertiary/aromatic N) is 1. The van der Waals surface area contributed by atoms with Crippen molar-refractivity contribution >= 4 is 28.8 Å². The van der Waals surface area contributed by atoms with E-state index >= 15 is 0 Å². The summed E-state index contributed by atoms with van der Waals surface area (Å²) < 4.78 is 0. The zero-order valence-electron chi connectivity index (χ0n) is 11.9. The van der Waals surface area contributed by atoms with Gasteiger partial charge in [0, 0.05) is 35.3 Å². The van der Waals surface area contributed by atoms with E-state index in [4.69, 9.17) is 17.3 Å². The fourth-order valence-corrected chi connectivity index (χ4v) is 2.95. The second kappa shape index (κ2) is 5.78. The van der Waals surface area contributed by atoms with Gasteiger partial charge in [0.15, 0.2) is 0 Å². The third-order valence-corrected chi connectivity index (χ3v) is 3.99. The Kier molecular flexibility index (Phi) is 3.84. The van der Waals surface area contributed by atoms with Crippen LogP contribution in [0.1, 0.15) is 30.4 Å². The van der Waals surface area contributed by atoms with Gasteiger partial charge in [0.1, 0.15) is 5.84 Å². The average molecular weight is 300 g/mol. The van der Waals surface area contributed by atoms with Gasteiger partial charge < -0.3 is 11.1 Å². The van der Waals surface area contributed by atoms with Crippen LogP contribution in [0, 0.1) is 0 Å². The minimum Gasteiger partial charge on any atom is -0.399 e. The number of nitrogens with two attached hydrogens (primary N) is 1. The van der Waals surface area contributed by atoms with Crippen molar-refractivity contribution in [3.63, 3.8) is 0 Å². The van der Waals surface area contributed by atoms with E-state index in [0.717, 1.165) is 35.2 Å². The summed E-state index contributed by atoms with van der Waals surface area (Å²) in [6, 6.07) is 14.0. The minimum atomic E-state index is 0.255. The highest BCUT2D eigenvalue weighted by molar-refractivity contribution is 6.30. The predicted octanol–water partition coefficient (Wildman–Crippen LogP) is 4.29. The molecule has 21 heavy (non-hydrogen) atoms. The van der Waals surface area contributed by atoms with Gasteiger partial charge in [-0.1, -0.05) is 23.7 Å². The van der Waals surface area contributed by atoms with E-state index < -0.39 is 0 Å². The molecule has 4 heteroatoms. The van der Waals surface area contributed by atoms with Gasteiger partial charge in [0.25, 0.3) is 0 Å². The number of amidine groups is 1. The van der Waals surface area contributed by atoms with Crippen LogP contribution in [-0.2, 0) is 0 Å². The normalized spacial score (nSPS) is 19.1. The van der Waals surface area contributed by atoms with Gasteiger partial charge in [0.05, 0.1) is 0 Å². The Labute approximate surface area is 129 Å². The summed E-state index contributed by atoms with van der Waals surface area (Å²) in [6.45, 7) is 2.82. The highest BCUT2D eigenvalue weighted by Gasteiger charge is 2.25. The molecule has 1 unspecified atom stereocenters. The Morgan fingerprint density at radius 2 is 2.00 bits per heavy atom. The number of anilines is 2. The summed E-state index contributed by atoms with van der Waals surface area (Å²) >= 11 is 6.17. The van der Waals surface area contributed by atoms with Crippen LogP contribution in [0.25, 0.3) is 0 Å². The molecule has 0 aromatic heterocycles. The average Bonchev–Trinajstić information content (AvgIpc) is 2.48. The second-order valence-electron chi connectivity index (χ2n) is 5.20. The lowest BCUT2D eigenvalue weighted by Gasteiger charge is -2.28. The first-order valence-electron chi connectivity index (χ1n) is 7.12. The highest BCUT2D eigenvalue weighted by atomic mass is 35.5. The number of aliphatic imine (C=N–C) groups is 1. The fraction of sp³-hybridized carbons (Fsp3) is 0.235. The largest absolute Gasteiger partial charge is 0.399 e. The number of halogens is 1. The fourth-order valence-electron chi connectivity index (χ4n) is 2.77. The maximum atomic E-state index is 6.17. The van der Waals surface area contributed by atoms with Crippen molar-refractivity contribution < 1.29 is 0 Å². The highest BCUT2D eigenvalue weighted by Crippen LogP contribution is 2.38. The lowest BCUT2D eigenvalue weighted by Crippen LogP contribution is -2.24. The quantitative estimate of drug-likeness (QED) is 0.813. The standard InChI is InChI=1S/C17H18ClN3/c1-2-20-17-10-14(11-3-6-13(19)7-4-11)15-9-12(18)5-8-16(15)21-17/h3-9,14H,2,10,19H2,1H3,(H,20,21). The van der Waals surface area contributed by atoms with E-state index in [-0.39, 0.29) is 5.92 Å². The van der Waals surface area contributed by atoms with E-state index in [2.05, 4.69) is 22.4 Å². The summed E-state index contributed by atoms with van der Waals surface area (Å²) in [6.07, 6.45) is 0.852. The van der Waals surface area contributed by atoms with Crippen molar-refractivity contribution in [2.45, 2.75) is 19.3 Å². The number of hydrogen-bond donors (Lipinski definition) is 2. The minimum absolute atomic E-state index is 0.255. The van der Waals surface area contributed by atoms with Crippen LogP contribution in [0.4, 0.5) is 11.4 Å². The number of nitrogen functional groups attached to an aromatic ring is 1. The molecule has 0 fully saturated rings. The third kappa shape index (κ3) is 2.88. The molecule has 2 aromatic carbocycles. The van der Waals surface area contributed by atoms with Crippen LogP contribution in [0.3, 0.4) is 0 Å². The molecule has 0 saturated carbocycles. The summed E-state index contributed by atoms with van der Waals surface area (Å²) in [7, 11) is 0. The molecule has 0 aliphatic carbocycles. The van der Waals surface area contributed by atoms with Gasteiger partial charge in [0.2, 0.25) is 0 Å². The van der Waals surface area contributed by atoms with Crippen LogP contribution in [-0.4, -0.2) is 12.4 Å². The Morgan fingerprint density at radius 3 is 2.71 bits per heavy atom. The molecule has 1 atom stereocenters. The molecule has 2 aromatic rings. The summed E-state index contributed by atoms with van der Waals surface area (Å²) in [4.78, 5) is 4.55. The van der Waals surface area contributed by atoms with Crippen molar-refractivity contribution in [2.24, 2.45) is 4.99 Å². The molecule has 1 aliphatic heterocycles. The van der Waals surface area contributed by atoms with Crippen molar-refractivity contribution in [1.82, 2.24) is 0 Å². The smallest absolute Gasteiger partial charge is 0.102 e. The molecular weight excluding hydrogens is 282 g/mol. The van der Waals surface area contributed by atoms with Gasteiger partial charge in [-0.15, -0.1) is 0 Å². The van der Waals surface area contributed by atoms with Crippen LogP contribution >= 0.6 is 11.6 Å². The summed E-state index contributed by atoms with van der Waals surface area (Å²) in [5.41, 5.74) is 10.1. The van der Waals surface area contributed by atoms with Gasteiger partial charge in [-0.25, -0.2) is 0 Å². The van der Waals surface area contributed by atoms with Crippen LogP contribution in [0.2, 0.25) is 5.02 Å². The zero-order chi connectivity index (χ0) is 14.8. The van der Waals surface area contributed by atoms with Crippen LogP contribution in [0.5, 0.6) is 0 Å². The molecule has 0 saturated heterocycles. The molecule has 0 spiro atoms. The molecule has 0 amide bonds. The number of fused-ring (bicyclic) bond motifs is 1. The van der Waals surface area contributed by atoms with Crippen LogP contribution in [0.15, 0.2) is 47.5 Å². The maximum absolute atomic E-state index is 6.17. The van der Waals surface area contributed by atoms with E-state index in [1.54, 1.807) is 0 Å². The molecule has 108 valence electrons. The lowest BCUT2D eigenvalue weighted by atomic mass is 9.84. The molecular formula is C17H18ClN3. The molecule has 1 heterocycles. The number of benzene rings is 2. The molecule has 3 rings (SSSR count). The van der Waals surface area contributed by atoms with Gasteiger partial charge in [-0.05, 0) is 48.4 Å². The topological polar surface area (TPSA) is 50.4 Å². The molecule has 0 radical (unpaired) electrons. The van der Waals surface area contributed by atoms with Gasteiger partial charge in [-0.2, -0.15) is 0 Å². The SMILES string of the molecule is CCN=C1CC(c2ccc(N)cc2)c2cc(Cl)ccc2N1. The number of hydrogen-bond acceptors (Lipinski definition) is 2. The second-order valence-corrected chi connectivity index (χ2v) is 5.64. The number of nitrogens with one attached hydrogen (secondary N) is 1. The van der Waals surface area contributed by atoms with Gasteiger partial charge >= 0.3 is 0 Å². The van der Waals surface area contributed by atoms with E-state index in [1.165, 1.54) is 11.1 Å². The van der Waals surface area contributed by atoms with Crippen molar-refractivity contribution in [2.75, 3.05) is 17.6 Å². The maximum Gasteiger partial charge on any atom is 0.102 e. The van der Waals surface area contributed by atoms with E-state index in [0.29, 0.717) is 0 Å². The Hall–Kier alpha value is -2.00. The van der Waals surface area contributed by atoms with Crippen molar-refractivity contribution in [3.8, 4) is 0 Å². The van der Waals surface area contributed by atoms with Crippen LogP contribution < -0.4 is 11.1 Å². The van der Waals surface area contributed by atoms with E-state index in [1.807, 2.05) is 37.3 Å². The van der Waals surface area contributed by atoms with Gasteiger partial charge in [-0.3, -0.25) is 4.99 Å². The Bertz CT molecular complexity index is 677. The zero-order valence-corrected chi connectivity index (χ0v) is 12.7.